The summed E-state index contributed by atoms with van der Waals surface area (Å²) >= 11 is 5.92. The molecule has 0 amide bonds. The van der Waals surface area contributed by atoms with Crippen molar-refractivity contribution in [2.45, 2.75) is 33.2 Å². The molecule has 6 heteroatoms. The first-order chi connectivity index (χ1) is 11.4. The van der Waals surface area contributed by atoms with E-state index in [1.807, 2.05) is 31.1 Å². The van der Waals surface area contributed by atoms with Crippen LogP contribution in [0.3, 0.4) is 0 Å². The molecule has 0 aliphatic heterocycles. The van der Waals surface area contributed by atoms with E-state index < -0.39 is 0 Å². The summed E-state index contributed by atoms with van der Waals surface area (Å²) in [4.78, 5) is 4.15. The molecule has 0 saturated heterocycles. The lowest BCUT2D eigenvalue weighted by Crippen LogP contribution is -2.39. The van der Waals surface area contributed by atoms with Crippen LogP contribution in [0, 0.1) is 0 Å². The average molecular weight is 353 g/mol. The molecular formula is C18H26ClFN4. The van der Waals surface area contributed by atoms with Crippen molar-refractivity contribution in [1.82, 2.24) is 15.3 Å². The number of nitrogens with zero attached hydrogens (tertiary/aromatic N) is 3. The van der Waals surface area contributed by atoms with E-state index in [0.29, 0.717) is 35.6 Å². The van der Waals surface area contributed by atoms with Gasteiger partial charge in [0.15, 0.2) is 0 Å². The van der Waals surface area contributed by atoms with Gasteiger partial charge in [-0.15, -0.1) is 0 Å². The summed E-state index contributed by atoms with van der Waals surface area (Å²) in [5, 5.41) is 11.3. The zero-order chi connectivity index (χ0) is 18.1. The molecule has 0 aromatic carbocycles. The second kappa shape index (κ2) is 10.2. The normalized spacial score (nSPS) is 15.2. The third-order valence-corrected chi connectivity index (χ3v) is 3.68. The molecule has 1 atom stereocenters. The van der Waals surface area contributed by atoms with Gasteiger partial charge in [0, 0.05) is 19.3 Å². The number of allylic oxidation sites excluding steroid dienone is 1. The summed E-state index contributed by atoms with van der Waals surface area (Å²) in [5.74, 6) is -0.220. The molecule has 4 nitrogen and oxygen atoms in total. The topological polar surface area (TPSA) is 40.5 Å². The zero-order valence-electron chi connectivity index (χ0n) is 14.8. The Morgan fingerprint density at radius 3 is 2.75 bits per heavy atom. The van der Waals surface area contributed by atoms with Crippen molar-refractivity contribution >= 4 is 29.4 Å². The molecule has 1 heterocycles. The quantitative estimate of drug-likeness (QED) is 0.577. The number of hydrogen-bond acceptors (Lipinski definition) is 4. The minimum atomic E-state index is -0.220. The third-order valence-electron chi connectivity index (χ3n) is 3.60. The van der Waals surface area contributed by atoms with E-state index in [4.69, 9.17) is 11.6 Å². The molecule has 0 bridgehead atoms. The highest BCUT2D eigenvalue weighted by Crippen LogP contribution is 2.18. The van der Waals surface area contributed by atoms with Gasteiger partial charge in [0.05, 0.1) is 11.4 Å². The summed E-state index contributed by atoms with van der Waals surface area (Å²) in [6, 6.07) is 3.68. The molecular weight excluding hydrogens is 327 g/mol. The number of nitrogens with one attached hydrogen (secondary N) is 1. The van der Waals surface area contributed by atoms with E-state index in [1.165, 1.54) is 6.92 Å². The van der Waals surface area contributed by atoms with Crippen molar-refractivity contribution in [3.8, 4) is 0 Å². The second-order valence-electron chi connectivity index (χ2n) is 5.51. The predicted octanol–water partition coefficient (Wildman–Crippen LogP) is 2.39. The number of aromatic nitrogens is 1. The Hall–Kier alpha value is -1.72. The van der Waals surface area contributed by atoms with Crippen LogP contribution < -0.4 is 15.9 Å². The van der Waals surface area contributed by atoms with Crippen molar-refractivity contribution in [2.24, 2.45) is 5.10 Å². The number of rotatable bonds is 8. The Kier molecular flexibility index (Phi) is 8.65. The van der Waals surface area contributed by atoms with Crippen LogP contribution in [0.15, 0.2) is 34.8 Å². The fraction of sp³-hybridized carbons (Fsp3) is 0.444. The Bertz CT molecular complexity index is 691. The predicted molar refractivity (Wildman–Crippen MR) is 101 cm³/mol. The van der Waals surface area contributed by atoms with E-state index >= 15 is 0 Å². The van der Waals surface area contributed by atoms with E-state index in [1.54, 1.807) is 19.2 Å². The fourth-order valence-corrected chi connectivity index (χ4v) is 2.53. The van der Waals surface area contributed by atoms with Crippen LogP contribution in [0.25, 0.3) is 12.7 Å². The van der Waals surface area contributed by atoms with E-state index in [0.717, 1.165) is 5.22 Å². The maximum atomic E-state index is 14.1. The summed E-state index contributed by atoms with van der Waals surface area (Å²) in [6.45, 7) is 10.4. The highest BCUT2D eigenvalue weighted by Gasteiger charge is 2.18. The monoisotopic (exact) mass is 352 g/mol. The largest absolute Gasteiger partial charge is 0.318 e. The van der Waals surface area contributed by atoms with Gasteiger partial charge in [0.1, 0.15) is 11.0 Å². The molecule has 0 spiro atoms. The Labute approximate surface area is 148 Å². The van der Waals surface area contributed by atoms with Crippen LogP contribution in [0.4, 0.5) is 4.39 Å². The fourth-order valence-electron chi connectivity index (χ4n) is 2.43. The smallest absolute Gasteiger partial charge is 0.123 e. The van der Waals surface area contributed by atoms with Crippen LogP contribution in [0.1, 0.15) is 27.2 Å². The SMILES string of the molecule is C=c1nccc/c1=C/C(CC(CNC)N(CC)/N=C(\C)Cl)=C(\C)F. The summed E-state index contributed by atoms with van der Waals surface area (Å²) in [6.07, 6.45) is 3.98. The Balaban J connectivity index is 3.20. The van der Waals surface area contributed by atoms with Gasteiger partial charge in [0.25, 0.3) is 0 Å². The maximum absolute atomic E-state index is 14.1. The molecule has 1 rings (SSSR count). The molecule has 0 radical (unpaired) electrons. The van der Waals surface area contributed by atoms with Gasteiger partial charge in [-0.05, 0) is 57.2 Å². The first kappa shape index (κ1) is 20.3. The van der Waals surface area contributed by atoms with Crippen molar-refractivity contribution in [1.29, 1.82) is 0 Å². The Morgan fingerprint density at radius 1 is 1.54 bits per heavy atom. The first-order valence-electron chi connectivity index (χ1n) is 7.97. The first-order valence-corrected chi connectivity index (χ1v) is 8.35. The van der Waals surface area contributed by atoms with E-state index in [2.05, 4.69) is 22.0 Å². The molecule has 24 heavy (non-hydrogen) atoms. The molecule has 0 aliphatic carbocycles. The van der Waals surface area contributed by atoms with Crippen molar-refractivity contribution in [3.05, 3.63) is 40.3 Å². The lowest BCUT2D eigenvalue weighted by Gasteiger charge is -2.29. The molecule has 0 saturated carbocycles. The standard InChI is InChI=1S/C18H26ClFN4/c1-6-24(23-15(4)19)18(12-21-5)11-17(13(2)20)10-16-8-7-9-22-14(16)3/h7-10,18,21H,3,6,11-12H2,1-2,4-5H3/b16-10-,17-13-,23-15+. The molecule has 1 unspecified atom stereocenters. The molecule has 0 aliphatic rings. The van der Waals surface area contributed by atoms with Crippen LogP contribution in [0.2, 0.25) is 0 Å². The maximum Gasteiger partial charge on any atom is 0.123 e. The van der Waals surface area contributed by atoms with Crippen LogP contribution >= 0.6 is 11.6 Å². The van der Waals surface area contributed by atoms with Gasteiger partial charge >= 0.3 is 0 Å². The van der Waals surface area contributed by atoms with Crippen molar-refractivity contribution < 1.29 is 4.39 Å². The van der Waals surface area contributed by atoms with Gasteiger partial charge in [-0.1, -0.05) is 24.2 Å². The minimum absolute atomic E-state index is 0.0180. The number of halogens is 2. The molecule has 1 N–H and O–H groups in total. The number of pyridine rings is 1. The number of likely N-dealkylation sites (N-methyl/N-ethyl adjacent to an activating group) is 2. The molecule has 132 valence electrons. The summed E-state index contributed by atoms with van der Waals surface area (Å²) in [5.41, 5.74) is 0.606. The third kappa shape index (κ3) is 6.42. The second-order valence-corrected chi connectivity index (χ2v) is 6.06. The van der Waals surface area contributed by atoms with Crippen LogP contribution in [-0.4, -0.2) is 41.3 Å². The minimum Gasteiger partial charge on any atom is -0.318 e. The lowest BCUT2D eigenvalue weighted by atomic mass is 10.0. The van der Waals surface area contributed by atoms with Gasteiger partial charge in [-0.3, -0.25) is 9.99 Å². The zero-order valence-corrected chi connectivity index (χ0v) is 15.6. The summed E-state index contributed by atoms with van der Waals surface area (Å²) < 4.78 is 14.1. The highest BCUT2D eigenvalue weighted by molar-refractivity contribution is 6.64. The highest BCUT2D eigenvalue weighted by atomic mass is 35.5. The van der Waals surface area contributed by atoms with Gasteiger partial charge in [0.2, 0.25) is 0 Å². The van der Waals surface area contributed by atoms with Crippen LogP contribution in [-0.2, 0) is 0 Å². The van der Waals surface area contributed by atoms with E-state index in [-0.39, 0.29) is 11.9 Å². The van der Waals surface area contributed by atoms with Crippen molar-refractivity contribution in [2.75, 3.05) is 20.1 Å². The molecule has 0 fully saturated rings. The lowest BCUT2D eigenvalue weighted by molar-refractivity contribution is 0.212. The van der Waals surface area contributed by atoms with Gasteiger partial charge in [-0.25, -0.2) is 4.39 Å². The van der Waals surface area contributed by atoms with Crippen molar-refractivity contribution in [3.63, 3.8) is 0 Å². The van der Waals surface area contributed by atoms with Gasteiger partial charge < -0.3 is 5.32 Å². The molecule has 1 aromatic heterocycles. The van der Waals surface area contributed by atoms with Crippen LogP contribution in [0.5, 0.6) is 0 Å². The number of hydrogen-bond donors (Lipinski definition) is 1. The summed E-state index contributed by atoms with van der Waals surface area (Å²) in [7, 11) is 1.86. The van der Waals surface area contributed by atoms with Gasteiger partial charge in [-0.2, -0.15) is 5.10 Å². The Morgan fingerprint density at radius 2 is 2.25 bits per heavy atom. The van der Waals surface area contributed by atoms with E-state index in [9.17, 15) is 4.39 Å². The average Bonchev–Trinajstić information content (AvgIpc) is 2.52. The molecule has 1 aromatic rings. The number of hydrazone groups is 1.